The number of rotatable bonds is 2. The third-order valence-electron chi connectivity index (χ3n) is 3.62. The van der Waals surface area contributed by atoms with Crippen LogP contribution < -0.4 is 5.73 Å². The highest BCUT2D eigenvalue weighted by Gasteiger charge is 2.26. The average Bonchev–Trinajstić information content (AvgIpc) is 2.51. The maximum Gasteiger partial charge on any atom is 0.269 e. The van der Waals surface area contributed by atoms with Crippen molar-refractivity contribution >= 4 is 5.69 Å². The molecule has 0 aliphatic carbocycles. The summed E-state index contributed by atoms with van der Waals surface area (Å²) in [7, 11) is 2.07. The number of nitrogens with zero attached hydrogens (tertiary/aromatic N) is 2. The maximum absolute atomic E-state index is 10.6. The Morgan fingerprint density at radius 2 is 2.00 bits per heavy atom. The second-order valence-corrected chi connectivity index (χ2v) is 4.93. The van der Waals surface area contributed by atoms with Gasteiger partial charge in [-0.05, 0) is 32.0 Å². The van der Waals surface area contributed by atoms with Crippen LogP contribution in [0.2, 0.25) is 0 Å². The van der Waals surface area contributed by atoms with E-state index >= 15 is 0 Å². The quantitative estimate of drug-likeness (QED) is 0.643. The first-order valence-corrected chi connectivity index (χ1v) is 6.30. The van der Waals surface area contributed by atoms with E-state index in [4.69, 9.17) is 5.73 Å². The van der Waals surface area contributed by atoms with Gasteiger partial charge in [0.1, 0.15) is 0 Å². The van der Waals surface area contributed by atoms with Gasteiger partial charge in [-0.25, -0.2) is 0 Å². The minimum Gasteiger partial charge on any atom is -0.326 e. The molecule has 18 heavy (non-hydrogen) atoms. The van der Waals surface area contributed by atoms with E-state index in [0.29, 0.717) is 0 Å². The van der Waals surface area contributed by atoms with Gasteiger partial charge in [0.2, 0.25) is 0 Å². The Bertz CT molecular complexity index is 407. The highest BCUT2D eigenvalue weighted by atomic mass is 16.6. The molecule has 0 bridgehead atoms. The van der Waals surface area contributed by atoms with Crippen LogP contribution in [0.25, 0.3) is 0 Å². The van der Waals surface area contributed by atoms with Gasteiger partial charge >= 0.3 is 0 Å². The number of nitro groups is 1. The molecular weight excluding hydrogens is 230 g/mol. The van der Waals surface area contributed by atoms with Crippen LogP contribution in [0.4, 0.5) is 5.69 Å². The monoisotopic (exact) mass is 249 g/mol. The van der Waals surface area contributed by atoms with E-state index in [1.807, 2.05) is 12.1 Å². The van der Waals surface area contributed by atoms with Gasteiger partial charge in [-0.3, -0.25) is 15.0 Å². The molecule has 0 spiro atoms. The van der Waals surface area contributed by atoms with E-state index in [9.17, 15) is 10.1 Å². The van der Waals surface area contributed by atoms with Crippen molar-refractivity contribution in [3.63, 3.8) is 0 Å². The molecule has 1 aromatic carbocycles. The normalized spacial score (nSPS) is 25.7. The fourth-order valence-corrected chi connectivity index (χ4v) is 2.66. The average molecular weight is 249 g/mol. The summed E-state index contributed by atoms with van der Waals surface area (Å²) in [5.74, 6) is 0. The number of nitro benzene ring substituents is 1. The van der Waals surface area contributed by atoms with Crippen molar-refractivity contribution in [3.8, 4) is 0 Å². The lowest BCUT2D eigenvalue weighted by Crippen LogP contribution is -2.37. The topological polar surface area (TPSA) is 72.4 Å². The highest BCUT2D eigenvalue weighted by Crippen LogP contribution is 2.29. The fourth-order valence-electron chi connectivity index (χ4n) is 2.66. The van der Waals surface area contributed by atoms with Gasteiger partial charge in [0.05, 0.1) is 4.92 Å². The predicted octanol–water partition coefficient (Wildman–Crippen LogP) is 2.08. The van der Waals surface area contributed by atoms with Crippen LogP contribution in [0.3, 0.4) is 0 Å². The molecule has 0 amide bonds. The fraction of sp³-hybridized carbons (Fsp3) is 0.538. The van der Waals surface area contributed by atoms with Crippen molar-refractivity contribution in [1.29, 1.82) is 0 Å². The Balaban J connectivity index is 2.24. The molecule has 1 aliphatic heterocycles. The van der Waals surface area contributed by atoms with E-state index in [2.05, 4.69) is 11.9 Å². The van der Waals surface area contributed by atoms with Gasteiger partial charge in [-0.15, -0.1) is 0 Å². The van der Waals surface area contributed by atoms with Gasteiger partial charge in [-0.2, -0.15) is 0 Å². The summed E-state index contributed by atoms with van der Waals surface area (Å²) in [6, 6.07) is 7.02. The van der Waals surface area contributed by atoms with Crippen LogP contribution in [0, 0.1) is 10.1 Å². The first kappa shape index (κ1) is 13.0. The second kappa shape index (κ2) is 5.46. The van der Waals surface area contributed by atoms with Crippen molar-refractivity contribution in [2.75, 3.05) is 13.6 Å². The summed E-state index contributed by atoms with van der Waals surface area (Å²) < 4.78 is 0. The standard InChI is InChI=1S/C13H19N3O2/c1-15-9-3-2-4-12(14)13(15)10-5-7-11(8-6-10)16(17)18/h5-8,12-13H,2-4,9,14H2,1H3. The predicted molar refractivity (Wildman–Crippen MR) is 70.3 cm³/mol. The molecule has 0 radical (unpaired) electrons. The summed E-state index contributed by atoms with van der Waals surface area (Å²) in [5, 5.41) is 10.6. The molecule has 0 aromatic heterocycles. The summed E-state index contributed by atoms with van der Waals surface area (Å²) in [5.41, 5.74) is 7.42. The number of likely N-dealkylation sites (N-methyl/N-ethyl adjacent to an activating group) is 1. The van der Waals surface area contributed by atoms with Crippen molar-refractivity contribution in [2.24, 2.45) is 5.73 Å². The molecule has 5 heteroatoms. The zero-order chi connectivity index (χ0) is 13.1. The third kappa shape index (κ3) is 2.68. The number of non-ortho nitro benzene ring substituents is 1. The molecule has 98 valence electrons. The summed E-state index contributed by atoms with van der Waals surface area (Å²) in [6.07, 6.45) is 3.31. The van der Waals surface area contributed by atoms with Crippen LogP contribution >= 0.6 is 0 Å². The molecule has 2 rings (SSSR count). The first-order valence-electron chi connectivity index (χ1n) is 6.30. The zero-order valence-electron chi connectivity index (χ0n) is 10.6. The van der Waals surface area contributed by atoms with Gasteiger partial charge in [0.15, 0.2) is 0 Å². The maximum atomic E-state index is 10.6. The molecule has 1 aromatic rings. The summed E-state index contributed by atoms with van der Waals surface area (Å²) >= 11 is 0. The Hall–Kier alpha value is -1.46. The third-order valence-corrected chi connectivity index (χ3v) is 3.62. The van der Waals surface area contributed by atoms with E-state index in [0.717, 1.165) is 31.4 Å². The summed E-state index contributed by atoms with van der Waals surface area (Å²) in [6.45, 7) is 1.02. The van der Waals surface area contributed by atoms with Crippen molar-refractivity contribution in [3.05, 3.63) is 39.9 Å². The number of hydrogen-bond donors (Lipinski definition) is 1. The molecule has 1 fully saturated rings. The van der Waals surface area contributed by atoms with Crippen molar-refractivity contribution < 1.29 is 4.92 Å². The summed E-state index contributed by atoms with van der Waals surface area (Å²) in [4.78, 5) is 12.5. The van der Waals surface area contributed by atoms with E-state index in [-0.39, 0.29) is 22.7 Å². The van der Waals surface area contributed by atoms with Crippen LogP contribution in [0.1, 0.15) is 30.9 Å². The molecule has 5 nitrogen and oxygen atoms in total. The Morgan fingerprint density at radius 1 is 1.33 bits per heavy atom. The minimum atomic E-state index is -0.374. The van der Waals surface area contributed by atoms with Gasteiger partial charge < -0.3 is 5.73 Å². The smallest absolute Gasteiger partial charge is 0.269 e. The largest absolute Gasteiger partial charge is 0.326 e. The molecule has 2 atom stereocenters. The van der Waals surface area contributed by atoms with Crippen LogP contribution in [0.5, 0.6) is 0 Å². The number of hydrogen-bond acceptors (Lipinski definition) is 4. The van der Waals surface area contributed by atoms with Crippen LogP contribution in [-0.2, 0) is 0 Å². The minimum absolute atomic E-state index is 0.0963. The van der Waals surface area contributed by atoms with E-state index in [1.165, 1.54) is 0 Å². The van der Waals surface area contributed by atoms with Crippen molar-refractivity contribution in [1.82, 2.24) is 4.90 Å². The lowest BCUT2D eigenvalue weighted by atomic mass is 9.96. The van der Waals surface area contributed by atoms with E-state index in [1.54, 1.807) is 12.1 Å². The van der Waals surface area contributed by atoms with Crippen LogP contribution in [-0.4, -0.2) is 29.5 Å². The number of nitrogens with two attached hydrogens (primary N) is 1. The highest BCUT2D eigenvalue weighted by molar-refractivity contribution is 5.34. The van der Waals surface area contributed by atoms with Gasteiger partial charge in [0, 0.05) is 24.2 Å². The van der Waals surface area contributed by atoms with E-state index < -0.39 is 0 Å². The van der Waals surface area contributed by atoms with Crippen LogP contribution in [0.15, 0.2) is 24.3 Å². The lowest BCUT2D eigenvalue weighted by molar-refractivity contribution is -0.384. The molecule has 0 saturated carbocycles. The molecule has 1 aliphatic rings. The van der Waals surface area contributed by atoms with Gasteiger partial charge in [0.25, 0.3) is 5.69 Å². The first-order chi connectivity index (χ1) is 8.59. The zero-order valence-corrected chi connectivity index (χ0v) is 10.6. The molecular formula is C13H19N3O2. The SMILES string of the molecule is CN1CCCCC(N)C1c1ccc([N+](=O)[O-])cc1. The Kier molecular flexibility index (Phi) is 3.93. The Labute approximate surface area is 107 Å². The molecule has 1 heterocycles. The number of benzene rings is 1. The Morgan fingerprint density at radius 3 is 2.61 bits per heavy atom. The van der Waals surface area contributed by atoms with Gasteiger partial charge in [-0.1, -0.05) is 18.6 Å². The molecule has 1 saturated heterocycles. The molecule has 2 N–H and O–H groups in total. The molecule has 2 unspecified atom stereocenters. The van der Waals surface area contributed by atoms with Crippen molar-refractivity contribution in [2.45, 2.75) is 31.3 Å². The lowest BCUT2D eigenvalue weighted by Gasteiger charge is -2.30. The number of likely N-dealkylation sites (tertiary alicyclic amines) is 1. The second-order valence-electron chi connectivity index (χ2n) is 4.93.